The monoisotopic (exact) mass is 340 g/mol. The van der Waals surface area contributed by atoms with Gasteiger partial charge >= 0.3 is 0 Å². The van der Waals surface area contributed by atoms with Gasteiger partial charge in [-0.3, -0.25) is 4.79 Å². The summed E-state index contributed by atoms with van der Waals surface area (Å²) in [6, 6.07) is 17.6. The Kier molecular flexibility index (Phi) is 6.04. The largest absolute Gasteiger partial charge is 0.378 e. The lowest BCUT2D eigenvalue weighted by Gasteiger charge is -2.30. The van der Waals surface area contributed by atoms with Crippen LogP contribution < -0.4 is 10.2 Å². The molecule has 0 spiro atoms. The summed E-state index contributed by atoms with van der Waals surface area (Å²) in [5.74, 6) is -0.0833. The molecular weight excluding hydrogens is 316 g/mol. The quantitative estimate of drug-likeness (QED) is 0.878. The van der Waals surface area contributed by atoms with Crippen molar-refractivity contribution in [1.82, 2.24) is 5.32 Å². The van der Waals surface area contributed by atoms with Gasteiger partial charge in [0.2, 0.25) is 0 Å². The Hall–Kier alpha value is -2.37. The van der Waals surface area contributed by atoms with Crippen molar-refractivity contribution in [2.75, 3.05) is 44.9 Å². The zero-order valence-electron chi connectivity index (χ0n) is 14.5. The molecule has 1 aliphatic heterocycles. The second-order valence-corrected chi connectivity index (χ2v) is 5.96. The van der Waals surface area contributed by atoms with Crippen LogP contribution in [0.4, 0.5) is 5.69 Å². The molecule has 1 amide bonds. The van der Waals surface area contributed by atoms with Gasteiger partial charge in [0.15, 0.2) is 0 Å². The Labute approximate surface area is 148 Å². The highest BCUT2D eigenvalue weighted by Gasteiger charge is 2.19. The molecule has 1 atom stereocenters. The van der Waals surface area contributed by atoms with Gasteiger partial charge in [0, 0.05) is 32.4 Å². The zero-order chi connectivity index (χ0) is 17.5. The van der Waals surface area contributed by atoms with Crippen LogP contribution in [-0.4, -0.2) is 45.9 Å². The van der Waals surface area contributed by atoms with Gasteiger partial charge in [-0.05, 0) is 17.7 Å². The number of carbonyl (C=O) groups excluding carboxylic acids is 1. The summed E-state index contributed by atoms with van der Waals surface area (Å²) >= 11 is 0. The van der Waals surface area contributed by atoms with Crippen molar-refractivity contribution in [3.8, 4) is 0 Å². The second kappa shape index (κ2) is 8.65. The molecule has 2 aromatic rings. The zero-order valence-corrected chi connectivity index (χ0v) is 14.5. The fraction of sp³-hybridized carbons (Fsp3) is 0.350. The molecule has 25 heavy (non-hydrogen) atoms. The predicted molar refractivity (Wildman–Crippen MR) is 98.0 cm³/mol. The van der Waals surface area contributed by atoms with E-state index in [4.69, 9.17) is 9.47 Å². The number of amides is 1. The minimum atomic E-state index is -0.166. The molecule has 1 aliphatic rings. The molecule has 132 valence electrons. The topological polar surface area (TPSA) is 50.8 Å². The fourth-order valence-electron chi connectivity index (χ4n) is 3.03. The van der Waals surface area contributed by atoms with Crippen molar-refractivity contribution < 1.29 is 14.3 Å². The first-order chi connectivity index (χ1) is 12.3. The first kappa shape index (κ1) is 17.5. The number of methoxy groups -OCH3 is 1. The molecule has 3 rings (SSSR count). The number of anilines is 1. The van der Waals surface area contributed by atoms with E-state index in [1.165, 1.54) is 0 Å². The lowest BCUT2D eigenvalue weighted by atomic mass is 10.1. The normalized spacial score (nSPS) is 15.6. The highest BCUT2D eigenvalue weighted by atomic mass is 16.5. The minimum Gasteiger partial charge on any atom is -0.378 e. The number of hydrogen-bond acceptors (Lipinski definition) is 4. The molecule has 5 heteroatoms. The molecule has 5 nitrogen and oxygen atoms in total. The van der Waals surface area contributed by atoms with Crippen molar-refractivity contribution >= 4 is 11.6 Å². The van der Waals surface area contributed by atoms with Gasteiger partial charge in [-0.1, -0.05) is 42.5 Å². The minimum absolute atomic E-state index is 0.0833. The predicted octanol–water partition coefficient (Wildman–Crippen LogP) is 2.64. The van der Waals surface area contributed by atoms with E-state index in [0.29, 0.717) is 25.3 Å². The second-order valence-electron chi connectivity index (χ2n) is 5.96. The lowest BCUT2D eigenvalue weighted by molar-refractivity contribution is 0.0827. The average molecular weight is 340 g/mol. The number of para-hydroxylation sites is 1. The maximum Gasteiger partial charge on any atom is 0.253 e. The lowest BCUT2D eigenvalue weighted by Crippen LogP contribution is -2.38. The summed E-state index contributed by atoms with van der Waals surface area (Å²) in [5.41, 5.74) is 2.69. The van der Waals surface area contributed by atoms with Crippen molar-refractivity contribution in [3.05, 3.63) is 65.7 Å². The van der Waals surface area contributed by atoms with E-state index in [-0.39, 0.29) is 12.0 Å². The van der Waals surface area contributed by atoms with Crippen LogP contribution in [0.15, 0.2) is 54.6 Å². The third-order valence-corrected chi connectivity index (χ3v) is 4.40. The van der Waals surface area contributed by atoms with E-state index < -0.39 is 0 Å². The van der Waals surface area contributed by atoms with Crippen LogP contribution in [-0.2, 0) is 9.47 Å². The highest BCUT2D eigenvalue weighted by molar-refractivity contribution is 5.99. The van der Waals surface area contributed by atoms with Crippen LogP contribution in [0.5, 0.6) is 0 Å². The van der Waals surface area contributed by atoms with Crippen LogP contribution in [0.1, 0.15) is 22.0 Å². The molecule has 2 aromatic carbocycles. The summed E-state index contributed by atoms with van der Waals surface area (Å²) < 4.78 is 10.9. The third kappa shape index (κ3) is 4.38. The first-order valence-electron chi connectivity index (χ1n) is 8.57. The van der Waals surface area contributed by atoms with Gasteiger partial charge in [0.1, 0.15) is 0 Å². The summed E-state index contributed by atoms with van der Waals surface area (Å²) in [5, 5.41) is 3.01. The maximum absolute atomic E-state index is 12.7. The molecule has 0 bridgehead atoms. The Bertz CT molecular complexity index is 684. The van der Waals surface area contributed by atoms with E-state index in [1.54, 1.807) is 7.11 Å². The van der Waals surface area contributed by atoms with E-state index in [2.05, 4.69) is 10.2 Å². The Morgan fingerprint density at radius 3 is 2.52 bits per heavy atom. The number of morpholine rings is 1. The summed E-state index contributed by atoms with van der Waals surface area (Å²) in [6.07, 6.45) is -0.166. The number of carbonyl (C=O) groups is 1. The Balaban J connectivity index is 1.69. The van der Waals surface area contributed by atoms with E-state index >= 15 is 0 Å². The average Bonchev–Trinajstić information content (AvgIpc) is 2.70. The Morgan fingerprint density at radius 2 is 1.80 bits per heavy atom. The number of hydrogen-bond donors (Lipinski definition) is 1. The van der Waals surface area contributed by atoms with Crippen LogP contribution >= 0.6 is 0 Å². The molecular formula is C20H24N2O3. The summed E-state index contributed by atoms with van der Waals surface area (Å²) in [4.78, 5) is 14.9. The molecule has 1 saturated heterocycles. The van der Waals surface area contributed by atoms with Crippen LogP contribution in [0.3, 0.4) is 0 Å². The molecule has 1 fully saturated rings. The van der Waals surface area contributed by atoms with Gasteiger partial charge < -0.3 is 19.7 Å². The van der Waals surface area contributed by atoms with Gasteiger partial charge in [0.05, 0.1) is 24.9 Å². The first-order valence-corrected chi connectivity index (χ1v) is 8.57. The van der Waals surface area contributed by atoms with Gasteiger partial charge in [-0.15, -0.1) is 0 Å². The summed E-state index contributed by atoms with van der Waals surface area (Å²) in [6.45, 7) is 3.41. The van der Waals surface area contributed by atoms with E-state index in [1.807, 2.05) is 54.6 Å². The maximum atomic E-state index is 12.7. The highest BCUT2D eigenvalue weighted by Crippen LogP contribution is 2.22. The van der Waals surface area contributed by atoms with Crippen molar-refractivity contribution in [2.24, 2.45) is 0 Å². The fourth-order valence-corrected chi connectivity index (χ4v) is 3.03. The molecule has 1 N–H and O–H groups in total. The third-order valence-electron chi connectivity index (χ3n) is 4.40. The Morgan fingerprint density at radius 1 is 1.12 bits per heavy atom. The van der Waals surface area contributed by atoms with E-state index in [9.17, 15) is 4.79 Å². The van der Waals surface area contributed by atoms with Crippen LogP contribution in [0.2, 0.25) is 0 Å². The number of nitrogens with one attached hydrogen (secondary N) is 1. The molecule has 0 radical (unpaired) electrons. The van der Waals surface area contributed by atoms with Gasteiger partial charge in [0.25, 0.3) is 5.91 Å². The number of benzene rings is 2. The van der Waals surface area contributed by atoms with Crippen LogP contribution in [0.25, 0.3) is 0 Å². The number of rotatable bonds is 6. The van der Waals surface area contributed by atoms with Crippen molar-refractivity contribution in [3.63, 3.8) is 0 Å². The molecule has 0 saturated carbocycles. The number of ether oxygens (including phenoxy) is 2. The molecule has 0 aromatic heterocycles. The van der Waals surface area contributed by atoms with Gasteiger partial charge in [-0.25, -0.2) is 0 Å². The van der Waals surface area contributed by atoms with Crippen molar-refractivity contribution in [1.29, 1.82) is 0 Å². The molecule has 0 aliphatic carbocycles. The SMILES string of the molecule is CO[C@H](CNC(=O)c1ccccc1N1CCOCC1)c1ccccc1. The molecule has 0 unspecified atom stereocenters. The summed E-state index contributed by atoms with van der Waals surface area (Å²) in [7, 11) is 1.66. The molecule has 1 heterocycles. The standard InChI is InChI=1S/C20H24N2O3/c1-24-19(16-7-3-2-4-8-16)15-21-20(23)17-9-5-6-10-18(17)22-11-13-25-14-12-22/h2-10,19H,11-15H2,1H3,(H,21,23)/t19-/m1/s1. The van der Waals surface area contributed by atoms with Crippen molar-refractivity contribution in [2.45, 2.75) is 6.10 Å². The van der Waals surface area contributed by atoms with Gasteiger partial charge in [-0.2, -0.15) is 0 Å². The number of nitrogens with zero attached hydrogens (tertiary/aromatic N) is 1. The smallest absolute Gasteiger partial charge is 0.253 e. The van der Waals surface area contributed by atoms with Crippen LogP contribution in [0, 0.1) is 0 Å². The van der Waals surface area contributed by atoms with E-state index in [0.717, 1.165) is 24.3 Å².